The van der Waals surface area contributed by atoms with E-state index in [1.54, 1.807) is 0 Å². The highest BCUT2D eigenvalue weighted by molar-refractivity contribution is 5.45. The summed E-state index contributed by atoms with van der Waals surface area (Å²) in [5, 5.41) is 18.8. The van der Waals surface area contributed by atoms with E-state index >= 15 is 0 Å². The molecule has 5 heteroatoms. The van der Waals surface area contributed by atoms with Crippen molar-refractivity contribution >= 4 is 0 Å². The summed E-state index contributed by atoms with van der Waals surface area (Å²) in [6.45, 7) is 3.64. The number of rotatable bonds is 1. The molecule has 0 fully saturated rings. The third-order valence-corrected chi connectivity index (χ3v) is 2.84. The lowest BCUT2D eigenvalue weighted by atomic mass is 9.89. The van der Waals surface area contributed by atoms with Gasteiger partial charge in [-0.2, -0.15) is 13.2 Å². The largest absolute Gasteiger partial charge is 0.508 e. The van der Waals surface area contributed by atoms with E-state index in [0.29, 0.717) is 12.5 Å². The van der Waals surface area contributed by atoms with E-state index in [0.717, 1.165) is 12.1 Å². The number of aromatic hydroxyl groups is 1. The first-order chi connectivity index (χ1) is 7.09. The Bertz CT molecular complexity index is 408. The number of phenols is 1. The molecule has 1 unspecified atom stereocenters. The number of alkyl halides is 3. The molecule has 1 atom stereocenters. The summed E-state index contributed by atoms with van der Waals surface area (Å²) in [4.78, 5) is 0. The van der Waals surface area contributed by atoms with Gasteiger partial charge in [0.15, 0.2) is 5.60 Å². The van der Waals surface area contributed by atoms with Gasteiger partial charge >= 0.3 is 6.18 Å². The zero-order valence-electron chi connectivity index (χ0n) is 9.18. The van der Waals surface area contributed by atoms with Crippen LogP contribution < -0.4 is 0 Å². The number of hydrogen-bond acceptors (Lipinski definition) is 2. The smallest absolute Gasteiger partial charge is 0.421 e. The Morgan fingerprint density at radius 2 is 1.56 bits per heavy atom. The molecule has 1 rings (SSSR count). The van der Waals surface area contributed by atoms with Gasteiger partial charge in [0.25, 0.3) is 0 Å². The van der Waals surface area contributed by atoms with Crippen LogP contribution in [0.4, 0.5) is 13.2 Å². The Hall–Kier alpha value is -1.23. The minimum atomic E-state index is -4.75. The van der Waals surface area contributed by atoms with Crippen molar-refractivity contribution in [1.82, 2.24) is 0 Å². The normalized spacial score (nSPS) is 15.9. The lowest BCUT2D eigenvalue weighted by molar-refractivity contribution is -0.259. The molecule has 0 aliphatic carbocycles. The predicted molar refractivity (Wildman–Crippen MR) is 53.2 cm³/mol. The number of hydrogen-bond donors (Lipinski definition) is 2. The van der Waals surface area contributed by atoms with Crippen LogP contribution in [0.3, 0.4) is 0 Å². The Balaban J connectivity index is 3.41. The molecule has 2 N–H and O–H groups in total. The molecule has 16 heavy (non-hydrogen) atoms. The van der Waals surface area contributed by atoms with Crippen LogP contribution in [0, 0.1) is 13.8 Å². The van der Waals surface area contributed by atoms with Gasteiger partial charge in [-0.1, -0.05) is 6.07 Å². The maximum atomic E-state index is 12.6. The molecule has 90 valence electrons. The first kappa shape index (κ1) is 12.8. The highest BCUT2D eigenvalue weighted by atomic mass is 19.4. The summed E-state index contributed by atoms with van der Waals surface area (Å²) < 4.78 is 37.9. The fourth-order valence-corrected chi connectivity index (χ4v) is 1.49. The Kier molecular flexibility index (Phi) is 2.94. The van der Waals surface area contributed by atoms with Gasteiger partial charge in [0.2, 0.25) is 0 Å². The first-order valence-corrected chi connectivity index (χ1v) is 4.67. The lowest BCUT2D eigenvalue weighted by Crippen LogP contribution is -2.39. The molecule has 0 bridgehead atoms. The zero-order valence-corrected chi connectivity index (χ0v) is 9.18. The summed E-state index contributed by atoms with van der Waals surface area (Å²) in [5.74, 6) is -0.0841. The van der Waals surface area contributed by atoms with Crippen LogP contribution in [-0.4, -0.2) is 16.4 Å². The van der Waals surface area contributed by atoms with Gasteiger partial charge in [0, 0.05) is 0 Å². The molecule has 0 aromatic heterocycles. The zero-order chi connectivity index (χ0) is 12.7. The van der Waals surface area contributed by atoms with Crippen LogP contribution in [0.2, 0.25) is 0 Å². The van der Waals surface area contributed by atoms with Crippen LogP contribution in [0.1, 0.15) is 23.6 Å². The van der Waals surface area contributed by atoms with E-state index in [2.05, 4.69) is 0 Å². The molecular weight excluding hydrogens is 221 g/mol. The van der Waals surface area contributed by atoms with E-state index in [9.17, 15) is 23.4 Å². The second kappa shape index (κ2) is 3.66. The number of aliphatic hydroxyl groups is 1. The van der Waals surface area contributed by atoms with Crippen molar-refractivity contribution in [3.05, 3.63) is 28.8 Å². The van der Waals surface area contributed by atoms with E-state index in [-0.39, 0.29) is 16.9 Å². The maximum Gasteiger partial charge on any atom is 0.421 e. The summed E-state index contributed by atoms with van der Waals surface area (Å²) in [6.07, 6.45) is -4.75. The van der Waals surface area contributed by atoms with Crippen molar-refractivity contribution in [3.63, 3.8) is 0 Å². The van der Waals surface area contributed by atoms with E-state index in [1.807, 2.05) is 0 Å². The lowest BCUT2D eigenvalue weighted by Gasteiger charge is -2.28. The number of halogens is 3. The minimum Gasteiger partial charge on any atom is -0.508 e. The van der Waals surface area contributed by atoms with Crippen LogP contribution in [0.25, 0.3) is 0 Å². The van der Waals surface area contributed by atoms with E-state index in [1.165, 1.54) is 13.8 Å². The average Bonchev–Trinajstić information content (AvgIpc) is 2.12. The van der Waals surface area contributed by atoms with Gasteiger partial charge in [-0.05, 0) is 43.5 Å². The highest BCUT2D eigenvalue weighted by Gasteiger charge is 2.51. The quantitative estimate of drug-likeness (QED) is 0.784. The Morgan fingerprint density at radius 3 is 2.00 bits per heavy atom. The van der Waals surface area contributed by atoms with E-state index in [4.69, 9.17) is 0 Å². The standard InChI is InChI=1S/C11H13F3O2/c1-6-7(2)9(15)5-4-8(6)10(3,16)11(12,13)14/h4-5,15-16H,1-3H3. The molecule has 0 amide bonds. The van der Waals surface area contributed by atoms with Gasteiger partial charge in [-0.15, -0.1) is 0 Å². The molecule has 0 radical (unpaired) electrons. The average molecular weight is 234 g/mol. The second-order valence-corrected chi connectivity index (χ2v) is 3.95. The van der Waals surface area contributed by atoms with Gasteiger partial charge in [0.1, 0.15) is 5.75 Å². The first-order valence-electron chi connectivity index (χ1n) is 4.67. The topological polar surface area (TPSA) is 40.5 Å². The number of benzene rings is 1. The van der Waals surface area contributed by atoms with Gasteiger partial charge in [-0.3, -0.25) is 0 Å². The SMILES string of the molecule is Cc1c(O)ccc(C(C)(O)C(F)(F)F)c1C. The highest BCUT2D eigenvalue weighted by Crippen LogP contribution is 2.41. The van der Waals surface area contributed by atoms with Crippen molar-refractivity contribution in [1.29, 1.82) is 0 Å². The minimum absolute atomic E-state index is 0.0841. The Morgan fingerprint density at radius 1 is 1.06 bits per heavy atom. The van der Waals surface area contributed by atoms with Crippen molar-refractivity contribution in [2.75, 3.05) is 0 Å². The summed E-state index contributed by atoms with van der Waals surface area (Å²) in [7, 11) is 0. The van der Waals surface area contributed by atoms with Gasteiger partial charge < -0.3 is 10.2 Å². The van der Waals surface area contributed by atoms with Gasteiger partial charge in [-0.25, -0.2) is 0 Å². The van der Waals surface area contributed by atoms with Gasteiger partial charge in [0.05, 0.1) is 0 Å². The molecule has 0 saturated heterocycles. The molecule has 1 aromatic carbocycles. The molecule has 0 aliphatic rings. The predicted octanol–water partition coefficient (Wildman–Crippen LogP) is 2.78. The monoisotopic (exact) mass is 234 g/mol. The molecule has 0 heterocycles. The molecule has 0 saturated carbocycles. The molecular formula is C11H13F3O2. The molecule has 0 spiro atoms. The fourth-order valence-electron chi connectivity index (χ4n) is 1.49. The fraction of sp³-hybridized carbons (Fsp3) is 0.455. The van der Waals surface area contributed by atoms with Crippen LogP contribution in [0.15, 0.2) is 12.1 Å². The molecule has 1 aromatic rings. The summed E-state index contributed by atoms with van der Waals surface area (Å²) in [6, 6.07) is 2.24. The summed E-state index contributed by atoms with van der Waals surface area (Å²) in [5.41, 5.74) is -2.57. The Labute approximate surface area is 91.3 Å². The third-order valence-electron chi connectivity index (χ3n) is 2.84. The molecule has 0 aliphatic heterocycles. The van der Waals surface area contributed by atoms with Crippen LogP contribution in [0.5, 0.6) is 5.75 Å². The van der Waals surface area contributed by atoms with Crippen LogP contribution >= 0.6 is 0 Å². The summed E-state index contributed by atoms with van der Waals surface area (Å²) >= 11 is 0. The van der Waals surface area contributed by atoms with Crippen molar-refractivity contribution in [2.45, 2.75) is 32.5 Å². The maximum absolute atomic E-state index is 12.6. The van der Waals surface area contributed by atoms with Crippen LogP contribution in [-0.2, 0) is 5.60 Å². The second-order valence-electron chi connectivity index (χ2n) is 3.95. The number of phenolic OH excluding ortho intramolecular Hbond substituents is 1. The van der Waals surface area contributed by atoms with Crippen molar-refractivity contribution in [2.24, 2.45) is 0 Å². The molecule has 2 nitrogen and oxygen atoms in total. The van der Waals surface area contributed by atoms with Crippen molar-refractivity contribution < 1.29 is 23.4 Å². The third kappa shape index (κ3) is 1.87. The van der Waals surface area contributed by atoms with Crippen molar-refractivity contribution in [3.8, 4) is 5.75 Å². The van der Waals surface area contributed by atoms with E-state index < -0.39 is 11.8 Å².